The normalized spacial score (nSPS) is 10.5. The summed E-state index contributed by atoms with van der Waals surface area (Å²) in [5.41, 5.74) is 1.72. The van der Waals surface area contributed by atoms with Crippen molar-refractivity contribution in [3.05, 3.63) is 46.5 Å². The van der Waals surface area contributed by atoms with Crippen LogP contribution in [0.1, 0.15) is 25.3 Å². The highest BCUT2D eigenvalue weighted by Gasteiger charge is 2.09. The predicted molar refractivity (Wildman–Crippen MR) is 94.0 cm³/mol. The van der Waals surface area contributed by atoms with Gasteiger partial charge in [0, 0.05) is 25.0 Å². The molecule has 0 fully saturated rings. The van der Waals surface area contributed by atoms with Crippen LogP contribution in [0.5, 0.6) is 5.75 Å². The molecule has 0 atom stereocenters. The average Bonchev–Trinajstić information content (AvgIpc) is 2.57. The molecule has 1 aromatic carbocycles. The van der Waals surface area contributed by atoms with Gasteiger partial charge in [-0.2, -0.15) is 0 Å². The number of hydrogen-bond donors (Lipinski definition) is 1. The molecular weight excluding hydrogens is 289 g/mol. The van der Waals surface area contributed by atoms with Gasteiger partial charge in [-0.3, -0.25) is 9.36 Å². The predicted octanol–water partition coefficient (Wildman–Crippen LogP) is 2.58. The van der Waals surface area contributed by atoms with Crippen molar-refractivity contribution in [1.82, 2.24) is 9.55 Å². The van der Waals surface area contributed by atoms with Gasteiger partial charge >= 0.3 is 0 Å². The number of methoxy groups -OCH3 is 1. The van der Waals surface area contributed by atoms with Crippen LogP contribution in [0.25, 0.3) is 5.69 Å². The molecule has 0 spiro atoms. The summed E-state index contributed by atoms with van der Waals surface area (Å²) in [4.78, 5) is 16.6. The molecule has 1 heterocycles. The van der Waals surface area contributed by atoms with Gasteiger partial charge in [-0.1, -0.05) is 25.7 Å². The van der Waals surface area contributed by atoms with Crippen LogP contribution in [0.4, 0.5) is 5.82 Å². The van der Waals surface area contributed by atoms with E-state index in [1.54, 1.807) is 24.1 Å². The maximum Gasteiger partial charge on any atom is 0.297 e. The van der Waals surface area contributed by atoms with E-state index < -0.39 is 0 Å². The molecule has 5 nitrogen and oxygen atoms in total. The molecule has 6 heteroatoms. The molecule has 2 radical (unpaired) electrons. The zero-order valence-electron chi connectivity index (χ0n) is 13.7. The van der Waals surface area contributed by atoms with Crippen LogP contribution >= 0.6 is 0 Å². The highest BCUT2D eigenvalue weighted by Crippen LogP contribution is 2.23. The van der Waals surface area contributed by atoms with E-state index >= 15 is 0 Å². The average molecular weight is 311 g/mol. The first-order valence-corrected chi connectivity index (χ1v) is 7.90. The van der Waals surface area contributed by atoms with E-state index in [0.29, 0.717) is 18.7 Å². The summed E-state index contributed by atoms with van der Waals surface area (Å²) in [6.45, 7) is 2.75. The molecule has 23 heavy (non-hydrogen) atoms. The lowest BCUT2D eigenvalue weighted by Crippen LogP contribution is -2.23. The summed E-state index contributed by atoms with van der Waals surface area (Å²) in [6, 6.07) is 5.82. The summed E-state index contributed by atoms with van der Waals surface area (Å²) < 4.78 is 7.01. The van der Waals surface area contributed by atoms with Crippen molar-refractivity contribution >= 4 is 13.7 Å². The third-order valence-electron chi connectivity index (χ3n) is 3.58. The number of hydrogen-bond acceptors (Lipinski definition) is 4. The zero-order chi connectivity index (χ0) is 16.7. The Labute approximate surface area is 138 Å². The topological polar surface area (TPSA) is 56.1 Å². The minimum absolute atomic E-state index is 0.185. The second kappa shape index (κ2) is 8.41. The Morgan fingerprint density at radius 3 is 2.91 bits per heavy atom. The maximum atomic E-state index is 12.5. The summed E-state index contributed by atoms with van der Waals surface area (Å²) in [5, 5.41) is 3.03. The number of ether oxygens (including phenoxy) is 1. The number of aromatic nitrogens is 2. The Bertz CT molecular complexity index is 700. The van der Waals surface area contributed by atoms with Gasteiger partial charge in [0.2, 0.25) is 0 Å². The van der Waals surface area contributed by atoms with E-state index in [9.17, 15) is 4.79 Å². The fourth-order valence-corrected chi connectivity index (χ4v) is 2.40. The third-order valence-corrected chi connectivity index (χ3v) is 3.58. The Balaban J connectivity index is 2.34. The van der Waals surface area contributed by atoms with Gasteiger partial charge in [0.15, 0.2) is 5.82 Å². The number of rotatable bonds is 8. The molecule has 0 aliphatic heterocycles. The standard InChI is InChI=1S/C17H22BN3O2/c1-3-5-13-6-7-14(12-15(13)23-2)21-11-10-20-16(17(21)22)19-9-4-8-18/h6-7,10-12H,3-5,8-9H2,1-2H3,(H,19,20). The number of anilines is 1. The first-order chi connectivity index (χ1) is 11.2. The summed E-state index contributed by atoms with van der Waals surface area (Å²) in [7, 11) is 7.11. The highest BCUT2D eigenvalue weighted by molar-refractivity contribution is 6.08. The molecule has 0 aliphatic rings. The van der Waals surface area contributed by atoms with E-state index in [1.165, 1.54) is 0 Å². The third kappa shape index (κ3) is 4.15. The van der Waals surface area contributed by atoms with E-state index in [-0.39, 0.29) is 5.56 Å². The Hall–Kier alpha value is -2.24. The molecule has 0 unspecified atom stereocenters. The van der Waals surface area contributed by atoms with Crippen molar-refractivity contribution < 1.29 is 4.74 Å². The molecule has 0 saturated heterocycles. The van der Waals surface area contributed by atoms with Gasteiger partial charge < -0.3 is 10.1 Å². The zero-order valence-corrected chi connectivity index (χ0v) is 13.7. The molecule has 0 amide bonds. The first kappa shape index (κ1) is 17.1. The second-order valence-electron chi connectivity index (χ2n) is 5.27. The Morgan fingerprint density at radius 1 is 1.39 bits per heavy atom. The van der Waals surface area contributed by atoms with Gasteiger partial charge in [0.05, 0.1) is 20.6 Å². The number of benzene rings is 1. The largest absolute Gasteiger partial charge is 0.496 e. The number of nitrogens with one attached hydrogen (secondary N) is 1. The van der Waals surface area contributed by atoms with Crippen LogP contribution in [0.2, 0.25) is 6.32 Å². The molecule has 0 aliphatic carbocycles. The lowest BCUT2D eigenvalue weighted by atomic mass is 10.0. The lowest BCUT2D eigenvalue weighted by Gasteiger charge is -2.12. The molecule has 120 valence electrons. The van der Waals surface area contributed by atoms with E-state index in [0.717, 1.165) is 36.3 Å². The fraction of sp³-hybridized carbons (Fsp3) is 0.412. The number of aryl methyl sites for hydroxylation is 1. The van der Waals surface area contributed by atoms with E-state index in [4.69, 9.17) is 12.6 Å². The van der Waals surface area contributed by atoms with Crippen molar-refractivity contribution in [1.29, 1.82) is 0 Å². The smallest absolute Gasteiger partial charge is 0.297 e. The second-order valence-corrected chi connectivity index (χ2v) is 5.27. The van der Waals surface area contributed by atoms with Gasteiger partial charge in [-0.25, -0.2) is 4.98 Å². The molecule has 2 aromatic rings. The van der Waals surface area contributed by atoms with Crippen LogP contribution in [0.3, 0.4) is 0 Å². The van der Waals surface area contributed by atoms with Gasteiger partial charge in [0.1, 0.15) is 5.75 Å². The summed E-state index contributed by atoms with van der Waals surface area (Å²) in [6.07, 6.45) is 6.61. The van der Waals surface area contributed by atoms with Crippen LogP contribution in [-0.4, -0.2) is 31.1 Å². The Kier molecular flexibility index (Phi) is 6.26. The summed E-state index contributed by atoms with van der Waals surface area (Å²) >= 11 is 0. The quantitative estimate of drug-likeness (QED) is 0.601. The first-order valence-electron chi connectivity index (χ1n) is 7.90. The minimum atomic E-state index is -0.185. The van der Waals surface area contributed by atoms with Gasteiger partial charge in [0.25, 0.3) is 5.56 Å². The minimum Gasteiger partial charge on any atom is -0.496 e. The van der Waals surface area contributed by atoms with E-state index in [2.05, 4.69) is 17.2 Å². The van der Waals surface area contributed by atoms with Crippen LogP contribution in [0, 0.1) is 0 Å². The van der Waals surface area contributed by atoms with Crippen LogP contribution < -0.4 is 15.6 Å². The molecule has 1 N–H and O–H groups in total. The number of nitrogens with zero attached hydrogens (tertiary/aromatic N) is 2. The molecule has 1 aromatic heterocycles. The lowest BCUT2D eigenvalue weighted by molar-refractivity contribution is 0.409. The van der Waals surface area contributed by atoms with Crippen LogP contribution in [0.15, 0.2) is 35.4 Å². The fourth-order valence-electron chi connectivity index (χ4n) is 2.40. The monoisotopic (exact) mass is 311 g/mol. The maximum absolute atomic E-state index is 12.5. The van der Waals surface area contributed by atoms with Crippen molar-refractivity contribution in [2.45, 2.75) is 32.5 Å². The van der Waals surface area contributed by atoms with E-state index in [1.807, 2.05) is 18.2 Å². The van der Waals surface area contributed by atoms with Crippen LogP contribution in [-0.2, 0) is 6.42 Å². The molecular formula is C17H22BN3O2. The molecule has 0 bridgehead atoms. The molecule has 0 saturated carbocycles. The van der Waals surface area contributed by atoms with Crippen molar-refractivity contribution in [3.63, 3.8) is 0 Å². The summed E-state index contributed by atoms with van der Waals surface area (Å²) in [5.74, 6) is 1.13. The van der Waals surface area contributed by atoms with Gasteiger partial charge in [-0.15, -0.1) is 0 Å². The van der Waals surface area contributed by atoms with Gasteiger partial charge in [-0.05, 0) is 24.5 Å². The van der Waals surface area contributed by atoms with Crippen molar-refractivity contribution in [3.8, 4) is 11.4 Å². The SMILES string of the molecule is [B]CCCNc1nccn(-c2ccc(CCC)c(OC)c2)c1=O. The molecule has 2 rings (SSSR count). The highest BCUT2D eigenvalue weighted by atomic mass is 16.5. The Morgan fingerprint density at radius 2 is 2.22 bits per heavy atom. The van der Waals surface area contributed by atoms with Crippen molar-refractivity contribution in [2.24, 2.45) is 0 Å². The van der Waals surface area contributed by atoms with Crippen molar-refractivity contribution in [2.75, 3.05) is 19.0 Å².